The molecule has 0 bridgehead atoms. The van der Waals surface area contributed by atoms with Crippen molar-refractivity contribution in [3.63, 3.8) is 0 Å². The molecule has 3 heteroatoms. The fraction of sp³-hybridized carbons (Fsp3) is 0.364. The van der Waals surface area contributed by atoms with Gasteiger partial charge in [-0.3, -0.25) is 0 Å². The number of benzene rings is 3. The van der Waals surface area contributed by atoms with E-state index in [1.54, 1.807) is 0 Å². The highest BCUT2D eigenvalue weighted by molar-refractivity contribution is 5.61. The van der Waals surface area contributed by atoms with Gasteiger partial charge in [-0.15, -0.1) is 0 Å². The van der Waals surface area contributed by atoms with Crippen molar-refractivity contribution in [3.8, 4) is 22.8 Å². The first-order chi connectivity index (χ1) is 16.7. The third-order valence-corrected chi connectivity index (χ3v) is 7.02. The molecule has 0 atom stereocenters. The van der Waals surface area contributed by atoms with Crippen LogP contribution in [0.3, 0.4) is 0 Å². The van der Waals surface area contributed by atoms with Crippen LogP contribution in [0.25, 0.3) is 22.8 Å². The molecule has 0 fully saturated rings. The highest BCUT2D eigenvalue weighted by Gasteiger charge is 2.30. The molecule has 0 spiro atoms. The van der Waals surface area contributed by atoms with Crippen molar-refractivity contribution < 1.29 is 17.0 Å². The number of imidazole rings is 1. The zero-order valence-electron chi connectivity index (χ0n) is 23.1. The van der Waals surface area contributed by atoms with Gasteiger partial charge >= 0.3 is 0 Å². The predicted molar refractivity (Wildman–Crippen MR) is 149 cm³/mol. The molecule has 36 heavy (non-hydrogen) atoms. The van der Waals surface area contributed by atoms with Crippen LogP contribution < -0.4 is 17.0 Å². The summed E-state index contributed by atoms with van der Waals surface area (Å²) >= 11 is 0. The van der Waals surface area contributed by atoms with E-state index >= 15 is 0 Å². The van der Waals surface area contributed by atoms with Crippen molar-refractivity contribution in [1.29, 1.82) is 0 Å². The zero-order valence-corrected chi connectivity index (χ0v) is 23.8. The summed E-state index contributed by atoms with van der Waals surface area (Å²) in [5.74, 6) is 2.92. The molecule has 4 rings (SSSR count). The van der Waals surface area contributed by atoms with E-state index in [1.807, 2.05) is 0 Å². The minimum absolute atomic E-state index is 0. The van der Waals surface area contributed by atoms with Gasteiger partial charge in [0.2, 0.25) is 0 Å². The molecule has 0 aliphatic heterocycles. The minimum atomic E-state index is 0. The van der Waals surface area contributed by atoms with Crippen LogP contribution in [0.1, 0.15) is 101 Å². The molecule has 0 amide bonds. The van der Waals surface area contributed by atoms with Gasteiger partial charge in [-0.25, -0.2) is 0 Å². The van der Waals surface area contributed by atoms with Gasteiger partial charge in [0.25, 0.3) is 5.82 Å². The Morgan fingerprint density at radius 1 is 0.556 bits per heavy atom. The number of aromatic nitrogens is 2. The Morgan fingerprint density at radius 2 is 1.00 bits per heavy atom. The van der Waals surface area contributed by atoms with E-state index in [0.29, 0.717) is 23.7 Å². The molecule has 0 saturated heterocycles. The van der Waals surface area contributed by atoms with E-state index in [-0.39, 0.29) is 12.4 Å². The molecule has 0 aliphatic rings. The van der Waals surface area contributed by atoms with Crippen molar-refractivity contribution in [2.45, 2.75) is 79.1 Å². The average Bonchev–Trinajstić information content (AvgIpc) is 3.27. The maximum absolute atomic E-state index is 2.45. The number of hydrogen-bond donors (Lipinski definition) is 0. The van der Waals surface area contributed by atoms with E-state index in [4.69, 9.17) is 0 Å². The van der Waals surface area contributed by atoms with Gasteiger partial charge in [-0.2, -0.15) is 9.13 Å². The molecule has 0 unspecified atom stereocenters. The molecule has 1 aromatic heterocycles. The highest BCUT2D eigenvalue weighted by Crippen LogP contribution is 2.35. The largest absolute Gasteiger partial charge is 1.00 e. The number of hydrogen-bond acceptors (Lipinski definition) is 0. The van der Waals surface area contributed by atoms with Crippen LogP contribution in [0, 0.1) is 0 Å². The third kappa shape index (κ3) is 5.15. The lowest BCUT2D eigenvalue weighted by Gasteiger charge is -2.20. The van der Waals surface area contributed by atoms with E-state index in [0.717, 1.165) is 0 Å². The van der Waals surface area contributed by atoms with Gasteiger partial charge in [0.05, 0.1) is 5.56 Å². The molecule has 3 aromatic carbocycles. The summed E-state index contributed by atoms with van der Waals surface area (Å²) in [6.07, 6.45) is 4.55. The zero-order chi connectivity index (χ0) is 25.3. The molecule has 190 valence electrons. The Kier molecular flexibility index (Phi) is 8.84. The van der Waals surface area contributed by atoms with Crippen LogP contribution in [0.2, 0.25) is 0 Å². The molecule has 0 radical (unpaired) electrons. The van der Waals surface area contributed by atoms with Gasteiger partial charge in [0, 0.05) is 22.3 Å². The Morgan fingerprint density at radius 3 is 1.44 bits per heavy atom. The number of para-hydroxylation sites is 2. The van der Waals surface area contributed by atoms with Crippen molar-refractivity contribution in [3.05, 3.63) is 101 Å². The van der Waals surface area contributed by atoms with Crippen LogP contribution >= 0.6 is 0 Å². The van der Waals surface area contributed by atoms with Crippen molar-refractivity contribution >= 4 is 0 Å². The van der Waals surface area contributed by atoms with Crippen LogP contribution in [0.4, 0.5) is 0 Å². The average molecular weight is 501 g/mol. The van der Waals surface area contributed by atoms with Crippen molar-refractivity contribution in [1.82, 2.24) is 4.57 Å². The number of halogens is 1. The molecule has 2 nitrogen and oxygen atoms in total. The standard InChI is InChI=1S/C33H41N2.ClH/c1-22(2)27-16-12-17-28(23(3)4)31(27)34-20-21-35(33(34)26-14-10-9-11-15-26)32-29(24(5)6)18-13-19-30(32)25(7)8;/h9-25H,1-8H3;1H/q+1;/p-1. The summed E-state index contributed by atoms with van der Waals surface area (Å²) in [7, 11) is 0. The Hall–Kier alpha value is -2.84. The summed E-state index contributed by atoms with van der Waals surface area (Å²) in [6, 6.07) is 24.5. The van der Waals surface area contributed by atoms with E-state index < -0.39 is 0 Å². The molecule has 0 N–H and O–H groups in total. The van der Waals surface area contributed by atoms with Crippen LogP contribution in [0.5, 0.6) is 0 Å². The molecule has 0 aliphatic carbocycles. The first-order valence-corrected chi connectivity index (χ1v) is 13.2. The fourth-order valence-corrected chi connectivity index (χ4v) is 5.20. The summed E-state index contributed by atoms with van der Waals surface area (Å²) in [4.78, 5) is 0. The number of nitrogens with zero attached hydrogens (tertiary/aromatic N) is 2. The summed E-state index contributed by atoms with van der Waals surface area (Å²) < 4.78 is 4.89. The summed E-state index contributed by atoms with van der Waals surface area (Å²) in [6.45, 7) is 18.4. The van der Waals surface area contributed by atoms with E-state index in [1.165, 1.54) is 45.0 Å². The van der Waals surface area contributed by atoms with Gasteiger partial charge in [-0.05, 0) is 35.8 Å². The highest BCUT2D eigenvalue weighted by atomic mass is 35.5. The Labute approximate surface area is 224 Å². The summed E-state index contributed by atoms with van der Waals surface area (Å²) in [5.41, 5.74) is 9.41. The third-order valence-electron chi connectivity index (χ3n) is 7.02. The topological polar surface area (TPSA) is 8.81 Å². The number of rotatable bonds is 7. The van der Waals surface area contributed by atoms with Gasteiger partial charge in [-0.1, -0.05) is 110 Å². The lowest BCUT2D eigenvalue weighted by molar-refractivity contribution is -0.584. The Bertz CT molecular complexity index is 1160. The maximum Gasteiger partial charge on any atom is 0.299 e. The predicted octanol–water partition coefficient (Wildman–Crippen LogP) is 5.92. The van der Waals surface area contributed by atoms with E-state index in [9.17, 15) is 0 Å². The SMILES string of the molecule is CC(C)c1cccc(C(C)C)c1-n1cc[n+](-c2c(C(C)C)cccc2C(C)C)c1-c1ccccc1.[Cl-]. The van der Waals surface area contributed by atoms with Gasteiger partial charge in [0.15, 0.2) is 0 Å². The van der Waals surface area contributed by atoms with Gasteiger partial charge in [0.1, 0.15) is 23.8 Å². The molecular weight excluding hydrogens is 460 g/mol. The van der Waals surface area contributed by atoms with Crippen LogP contribution in [0.15, 0.2) is 79.1 Å². The second-order valence-electron chi connectivity index (χ2n) is 10.9. The minimum Gasteiger partial charge on any atom is -1.00 e. The van der Waals surface area contributed by atoms with Gasteiger partial charge < -0.3 is 12.4 Å². The van der Waals surface area contributed by atoms with Crippen LogP contribution in [-0.4, -0.2) is 4.57 Å². The molecular formula is C33H41ClN2. The lowest BCUT2D eigenvalue weighted by Crippen LogP contribution is -3.00. The monoisotopic (exact) mass is 500 g/mol. The first kappa shape index (κ1) is 27.7. The quantitative estimate of drug-likeness (QED) is 0.278. The second kappa shape index (κ2) is 11.5. The summed E-state index contributed by atoms with van der Waals surface area (Å²) in [5, 5.41) is 0. The molecule has 4 aromatic rings. The smallest absolute Gasteiger partial charge is 0.299 e. The lowest BCUT2D eigenvalue weighted by atomic mass is 9.92. The fourth-order valence-electron chi connectivity index (χ4n) is 5.20. The normalized spacial score (nSPS) is 11.6. The second-order valence-corrected chi connectivity index (χ2v) is 10.9. The van der Waals surface area contributed by atoms with Crippen LogP contribution in [-0.2, 0) is 0 Å². The molecule has 1 heterocycles. The molecule has 0 saturated carbocycles. The van der Waals surface area contributed by atoms with E-state index in [2.05, 4.69) is 144 Å². The van der Waals surface area contributed by atoms with Crippen molar-refractivity contribution in [2.75, 3.05) is 0 Å². The maximum atomic E-state index is 2.45. The Balaban J connectivity index is 0.00000361. The first-order valence-electron chi connectivity index (χ1n) is 13.2. The van der Waals surface area contributed by atoms with Crippen molar-refractivity contribution in [2.24, 2.45) is 0 Å².